The van der Waals surface area contributed by atoms with Gasteiger partial charge < -0.3 is 5.32 Å². The summed E-state index contributed by atoms with van der Waals surface area (Å²) in [6.07, 6.45) is 1.57. The molecule has 0 spiro atoms. The van der Waals surface area contributed by atoms with Gasteiger partial charge in [0, 0.05) is 24.3 Å². The van der Waals surface area contributed by atoms with E-state index in [0.29, 0.717) is 5.56 Å². The Morgan fingerprint density at radius 2 is 1.61 bits per heavy atom. The maximum atomic E-state index is 13.1. The number of sulfonamides is 1. The monoisotopic (exact) mass is 434 g/mol. The van der Waals surface area contributed by atoms with Crippen molar-refractivity contribution >= 4 is 21.6 Å². The molecule has 31 heavy (non-hydrogen) atoms. The highest BCUT2D eigenvalue weighted by atomic mass is 32.2. The number of nitrogens with zero attached hydrogens (tertiary/aromatic N) is 1. The molecule has 0 saturated carbocycles. The summed E-state index contributed by atoms with van der Waals surface area (Å²) < 4.78 is 27.5. The number of amides is 1. The van der Waals surface area contributed by atoms with Gasteiger partial charge in [-0.3, -0.25) is 4.79 Å². The molecule has 0 aliphatic carbocycles. The molecule has 0 unspecified atom stereocenters. The van der Waals surface area contributed by atoms with Crippen LogP contribution in [0.4, 0.5) is 5.69 Å². The van der Waals surface area contributed by atoms with Gasteiger partial charge in [0.05, 0.1) is 4.90 Å². The van der Waals surface area contributed by atoms with E-state index in [2.05, 4.69) is 11.9 Å². The number of hydrogen-bond donors (Lipinski definition) is 1. The number of nitrogens with one attached hydrogen (secondary N) is 1. The fraction of sp³-hybridized carbons (Fsp3) is 0.160. The van der Waals surface area contributed by atoms with Gasteiger partial charge in [-0.2, -0.15) is 4.31 Å². The summed E-state index contributed by atoms with van der Waals surface area (Å²) in [5, 5.41) is 2.90. The molecule has 0 aliphatic heterocycles. The molecule has 3 rings (SSSR count). The minimum atomic E-state index is -3.67. The fourth-order valence-electron chi connectivity index (χ4n) is 3.12. The topological polar surface area (TPSA) is 66.5 Å². The van der Waals surface area contributed by atoms with E-state index in [9.17, 15) is 13.2 Å². The van der Waals surface area contributed by atoms with Crippen molar-refractivity contribution in [1.82, 2.24) is 4.31 Å². The van der Waals surface area contributed by atoms with E-state index in [0.717, 1.165) is 22.4 Å². The van der Waals surface area contributed by atoms with Gasteiger partial charge in [0.1, 0.15) is 0 Å². The Morgan fingerprint density at radius 1 is 0.968 bits per heavy atom. The zero-order chi connectivity index (χ0) is 22.4. The van der Waals surface area contributed by atoms with Crippen molar-refractivity contribution in [3.05, 3.63) is 108 Å². The fourth-order valence-corrected chi connectivity index (χ4v) is 4.52. The number of carbonyl (C=O) groups is 1. The van der Waals surface area contributed by atoms with Gasteiger partial charge in [0.2, 0.25) is 10.0 Å². The Hall–Kier alpha value is -3.22. The van der Waals surface area contributed by atoms with Gasteiger partial charge in [-0.25, -0.2) is 8.42 Å². The molecule has 0 atom stereocenters. The van der Waals surface area contributed by atoms with Crippen LogP contribution in [0.2, 0.25) is 0 Å². The lowest BCUT2D eigenvalue weighted by molar-refractivity contribution is 0.102. The first-order valence-corrected chi connectivity index (χ1v) is 11.4. The number of para-hydroxylation sites is 1. The third-order valence-corrected chi connectivity index (χ3v) is 6.79. The van der Waals surface area contributed by atoms with E-state index in [1.807, 2.05) is 38.1 Å². The molecular formula is C25H26N2O3S. The molecular weight excluding hydrogens is 408 g/mol. The molecule has 0 aromatic heterocycles. The highest BCUT2D eigenvalue weighted by molar-refractivity contribution is 7.89. The molecule has 3 aromatic rings. The van der Waals surface area contributed by atoms with E-state index in [1.54, 1.807) is 54.6 Å². The average molecular weight is 435 g/mol. The van der Waals surface area contributed by atoms with Crippen molar-refractivity contribution in [3.63, 3.8) is 0 Å². The van der Waals surface area contributed by atoms with E-state index < -0.39 is 10.0 Å². The Kier molecular flexibility index (Phi) is 7.05. The van der Waals surface area contributed by atoms with Crippen molar-refractivity contribution in [2.24, 2.45) is 0 Å². The van der Waals surface area contributed by atoms with E-state index >= 15 is 0 Å². The van der Waals surface area contributed by atoms with Crippen molar-refractivity contribution in [2.45, 2.75) is 25.3 Å². The van der Waals surface area contributed by atoms with Crippen LogP contribution in [0.25, 0.3) is 0 Å². The van der Waals surface area contributed by atoms with Crippen LogP contribution in [0.3, 0.4) is 0 Å². The summed E-state index contributed by atoms with van der Waals surface area (Å²) in [6, 6.07) is 21.3. The molecule has 1 N–H and O–H groups in total. The number of aryl methyl sites for hydroxylation is 2. The summed E-state index contributed by atoms with van der Waals surface area (Å²) in [5.74, 6) is -0.212. The number of anilines is 1. The summed E-state index contributed by atoms with van der Waals surface area (Å²) >= 11 is 0. The minimum absolute atomic E-state index is 0.182. The summed E-state index contributed by atoms with van der Waals surface area (Å²) in [6.45, 7) is 7.90. The zero-order valence-electron chi connectivity index (χ0n) is 17.7. The van der Waals surface area contributed by atoms with E-state index in [4.69, 9.17) is 0 Å². The summed E-state index contributed by atoms with van der Waals surface area (Å²) in [5.41, 5.74) is 4.02. The van der Waals surface area contributed by atoms with Crippen molar-refractivity contribution in [1.29, 1.82) is 0 Å². The predicted molar refractivity (Wildman–Crippen MR) is 125 cm³/mol. The van der Waals surface area contributed by atoms with Crippen molar-refractivity contribution in [3.8, 4) is 0 Å². The standard InChI is InChI=1S/C25H26N2O3S/c1-4-17-27(31(29,30)23-15-9-19(2)10-16-23)18-21-11-13-22(14-12-21)25(28)26-24-8-6-5-7-20(24)3/h4-16H,1,17-18H2,2-3H3,(H,26,28). The molecule has 6 heteroatoms. The highest BCUT2D eigenvalue weighted by Crippen LogP contribution is 2.20. The van der Waals surface area contributed by atoms with Crippen LogP contribution in [-0.2, 0) is 16.6 Å². The maximum Gasteiger partial charge on any atom is 0.255 e. The SMILES string of the molecule is C=CCN(Cc1ccc(C(=O)Nc2ccccc2C)cc1)S(=O)(=O)c1ccc(C)cc1. The second-order valence-electron chi connectivity index (χ2n) is 7.37. The number of carbonyl (C=O) groups excluding carboxylic acids is 1. The Bertz CT molecular complexity index is 1170. The first-order chi connectivity index (χ1) is 14.8. The number of rotatable bonds is 8. The molecule has 0 radical (unpaired) electrons. The van der Waals surface area contributed by atoms with Gasteiger partial charge in [-0.15, -0.1) is 6.58 Å². The molecule has 0 saturated heterocycles. The van der Waals surface area contributed by atoms with Gasteiger partial charge >= 0.3 is 0 Å². The molecule has 3 aromatic carbocycles. The molecule has 160 valence electrons. The first kappa shape index (κ1) is 22.5. The average Bonchev–Trinajstić information content (AvgIpc) is 2.76. The van der Waals surface area contributed by atoms with Crippen LogP contribution in [0.5, 0.6) is 0 Å². The number of benzene rings is 3. The number of hydrogen-bond acceptors (Lipinski definition) is 3. The minimum Gasteiger partial charge on any atom is -0.322 e. The van der Waals surface area contributed by atoms with Gasteiger partial charge in [-0.1, -0.05) is 54.1 Å². The second-order valence-corrected chi connectivity index (χ2v) is 9.30. The smallest absolute Gasteiger partial charge is 0.255 e. The Balaban J connectivity index is 1.76. The lowest BCUT2D eigenvalue weighted by atomic mass is 10.1. The van der Waals surface area contributed by atoms with Crippen LogP contribution in [0.15, 0.2) is 90.3 Å². The molecule has 5 nitrogen and oxygen atoms in total. The van der Waals surface area contributed by atoms with Crippen LogP contribution >= 0.6 is 0 Å². The maximum absolute atomic E-state index is 13.1. The molecule has 0 aliphatic rings. The van der Waals surface area contributed by atoms with Crippen LogP contribution in [0.1, 0.15) is 27.0 Å². The highest BCUT2D eigenvalue weighted by Gasteiger charge is 2.23. The third kappa shape index (κ3) is 5.48. The van der Waals surface area contributed by atoms with Crippen molar-refractivity contribution in [2.75, 3.05) is 11.9 Å². The summed E-state index contributed by atoms with van der Waals surface area (Å²) in [4.78, 5) is 12.8. The van der Waals surface area contributed by atoms with Gasteiger partial charge in [0.25, 0.3) is 5.91 Å². The largest absolute Gasteiger partial charge is 0.322 e. The lowest BCUT2D eigenvalue weighted by Crippen LogP contribution is -2.30. The zero-order valence-corrected chi connectivity index (χ0v) is 18.5. The molecule has 0 bridgehead atoms. The molecule has 1 amide bonds. The third-order valence-electron chi connectivity index (χ3n) is 4.96. The first-order valence-electron chi connectivity index (χ1n) is 9.95. The van der Waals surface area contributed by atoms with Crippen LogP contribution in [0, 0.1) is 13.8 Å². The second kappa shape index (κ2) is 9.73. The van der Waals surface area contributed by atoms with Gasteiger partial charge in [-0.05, 0) is 55.3 Å². The van der Waals surface area contributed by atoms with Crippen LogP contribution < -0.4 is 5.32 Å². The predicted octanol–water partition coefficient (Wildman–Crippen LogP) is 4.93. The quantitative estimate of drug-likeness (QED) is 0.511. The Labute approximate surface area is 184 Å². The summed E-state index contributed by atoms with van der Waals surface area (Å²) in [7, 11) is -3.67. The van der Waals surface area contributed by atoms with E-state index in [1.165, 1.54) is 4.31 Å². The normalized spacial score (nSPS) is 11.3. The Morgan fingerprint density at radius 3 is 2.23 bits per heavy atom. The van der Waals surface area contributed by atoms with Crippen LogP contribution in [-0.4, -0.2) is 25.2 Å². The molecule has 0 heterocycles. The van der Waals surface area contributed by atoms with Gasteiger partial charge in [0.15, 0.2) is 0 Å². The lowest BCUT2D eigenvalue weighted by Gasteiger charge is -2.21. The van der Waals surface area contributed by atoms with Crippen molar-refractivity contribution < 1.29 is 13.2 Å². The van der Waals surface area contributed by atoms with E-state index in [-0.39, 0.29) is 23.9 Å². The molecule has 0 fully saturated rings.